The van der Waals surface area contributed by atoms with E-state index in [1.807, 2.05) is 12.2 Å². The summed E-state index contributed by atoms with van der Waals surface area (Å²) in [5, 5.41) is 18.3. The van der Waals surface area contributed by atoms with Crippen LogP contribution in [-0.2, 0) is 32.7 Å². The van der Waals surface area contributed by atoms with Gasteiger partial charge in [0.15, 0.2) is 6.10 Å². The molecule has 0 aromatic heterocycles. The number of carbonyl (C=O) groups is 2. The molecule has 336 valence electrons. The van der Waals surface area contributed by atoms with E-state index >= 15 is 0 Å². The van der Waals surface area contributed by atoms with Crippen molar-refractivity contribution in [3.8, 4) is 0 Å². The molecule has 0 saturated heterocycles. The topological polar surface area (TPSA) is 149 Å². The third-order valence-corrected chi connectivity index (χ3v) is 10.4. The van der Waals surface area contributed by atoms with E-state index in [0.29, 0.717) is 19.3 Å². The largest absolute Gasteiger partial charge is 0.472 e. The molecule has 1 unspecified atom stereocenters. The van der Waals surface area contributed by atoms with Gasteiger partial charge in [0.05, 0.1) is 19.8 Å². The van der Waals surface area contributed by atoms with Crippen molar-refractivity contribution in [1.29, 1.82) is 0 Å². The van der Waals surface area contributed by atoms with Crippen molar-refractivity contribution in [2.24, 2.45) is 0 Å². The second-order valence-corrected chi connectivity index (χ2v) is 16.5. The number of aliphatic hydroxyl groups is 2. The standard InChI is InChI=1S/C47H83O10P/c1-3-5-7-9-11-13-15-17-19-21-23-24-26-28-30-32-34-36-38-46(50)54-42-45(43-56-58(52,53)55-41-44(49)40-48)57-47(51)39-37-35-33-31-29-27-25-22-20-18-16-14-12-10-8-6-4-2/h6,8,12,14,18,20,25,27,31,33,44-45,48-49H,3-5,7,9-11,13,15-17,19,21-24,26,28-30,32,34-43H2,1-2H3,(H,52,53)/b8-6+,14-12+,20-18+,27-25+,33-31+/t44-,45+/m0/s1. The van der Waals surface area contributed by atoms with Crippen LogP contribution in [0, 0.1) is 0 Å². The zero-order valence-electron chi connectivity index (χ0n) is 36.5. The highest BCUT2D eigenvalue weighted by molar-refractivity contribution is 7.47. The number of ether oxygens (including phenoxy) is 2. The number of hydrogen-bond donors (Lipinski definition) is 3. The first-order valence-corrected chi connectivity index (χ1v) is 24.2. The Hall–Kier alpha value is -2.33. The Morgan fingerprint density at radius 2 is 0.948 bits per heavy atom. The van der Waals surface area contributed by atoms with Crippen molar-refractivity contribution in [3.05, 3.63) is 60.8 Å². The number of phosphoric ester groups is 1. The monoisotopic (exact) mass is 839 g/mol. The highest BCUT2D eigenvalue weighted by Crippen LogP contribution is 2.43. The third kappa shape index (κ3) is 41.8. The van der Waals surface area contributed by atoms with Crippen molar-refractivity contribution in [1.82, 2.24) is 0 Å². The van der Waals surface area contributed by atoms with E-state index in [2.05, 4.69) is 67.0 Å². The molecule has 0 aliphatic rings. The fraction of sp³-hybridized carbons (Fsp3) is 0.745. The molecule has 11 heteroatoms. The van der Waals surface area contributed by atoms with Gasteiger partial charge < -0.3 is 24.6 Å². The van der Waals surface area contributed by atoms with Crippen LogP contribution >= 0.6 is 7.82 Å². The Balaban J connectivity index is 4.34. The zero-order chi connectivity index (χ0) is 42.6. The summed E-state index contributed by atoms with van der Waals surface area (Å²) in [5.41, 5.74) is 0. The summed E-state index contributed by atoms with van der Waals surface area (Å²) in [6, 6.07) is 0. The van der Waals surface area contributed by atoms with Crippen LogP contribution in [0.25, 0.3) is 0 Å². The van der Waals surface area contributed by atoms with Gasteiger partial charge in [-0.3, -0.25) is 18.6 Å². The third-order valence-electron chi connectivity index (χ3n) is 9.44. The molecule has 0 aromatic rings. The van der Waals surface area contributed by atoms with Gasteiger partial charge in [-0.05, 0) is 51.4 Å². The first kappa shape index (κ1) is 55.7. The molecule has 0 aliphatic heterocycles. The van der Waals surface area contributed by atoms with E-state index in [9.17, 15) is 24.2 Å². The fourth-order valence-corrected chi connectivity index (χ4v) is 6.76. The molecule has 0 rings (SSSR count). The number of rotatable bonds is 42. The predicted molar refractivity (Wildman–Crippen MR) is 237 cm³/mol. The molecule has 0 saturated carbocycles. The smallest absolute Gasteiger partial charge is 0.462 e. The molecule has 58 heavy (non-hydrogen) atoms. The minimum atomic E-state index is -4.64. The van der Waals surface area contributed by atoms with Crippen molar-refractivity contribution in [2.45, 2.75) is 199 Å². The Morgan fingerprint density at radius 3 is 1.41 bits per heavy atom. The van der Waals surface area contributed by atoms with Gasteiger partial charge in [-0.1, -0.05) is 184 Å². The van der Waals surface area contributed by atoms with Crippen LogP contribution in [0.15, 0.2) is 60.8 Å². The minimum Gasteiger partial charge on any atom is -0.462 e. The molecule has 0 spiro atoms. The van der Waals surface area contributed by atoms with Gasteiger partial charge in [0, 0.05) is 12.8 Å². The number of esters is 2. The highest BCUT2D eigenvalue weighted by Gasteiger charge is 2.27. The molecule has 10 nitrogen and oxygen atoms in total. The molecule has 3 atom stereocenters. The lowest BCUT2D eigenvalue weighted by Gasteiger charge is -2.20. The zero-order valence-corrected chi connectivity index (χ0v) is 37.4. The first-order valence-electron chi connectivity index (χ1n) is 22.7. The highest BCUT2D eigenvalue weighted by atomic mass is 31.2. The summed E-state index contributed by atoms with van der Waals surface area (Å²) in [4.78, 5) is 35.0. The molecule has 0 radical (unpaired) electrons. The molecule has 3 N–H and O–H groups in total. The normalized spacial score (nSPS) is 14.4. The Kier molecular flexibility index (Phi) is 41.1. The van der Waals surface area contributed by atoms with Crippen LogP contribution in [0.4, 0.5) is 0 Å². The quantitative estimate of drug-likeness (QED) is 0.0235. The molecular formula is C47H83O10P. The van der Waals surface area contributed by atoms with Crippen LogP contribution in [0.1, 0.15) is 187 Å². The van der Waals surface area contributed by atoms with Crippen molar-refractivity contribution < 1.29 is 47.8 Å². The number of aliphatic hydroxyl groups excluding tert-OH is 2. The maximum absolute atomic E-state index is 12.6. The lowest BCUT2D eigenvalue weighted by Crippen LogP contribution is -2.29. The lowest BCUT2D eigenvalue weighted by molar-refractivity contribution is -0.161. The Bertz CT molecular complexity index is 1150. The Labute approximate surface area is 353 Å². The van der Waals surface area contributed by atoms with Gasteiger partial charge in [-0.15, -0.1) is 0 Å². The minimum absolute atomic E-state index is 0.105. The lowest BCUT2D eigenvalue weighted by atomic mass is 10.0. The van der Waals surface area contributed by atoms with Crippen LogP contribution in [0.2, 0.25) is 0 Å². The predicted octanol–water partition coefficient (Wildman–Crippen LogP) is 12.3. The summed E-state index contributed by atoms with van der Waals surface area (Å²) in [7, 11) is -4.64. The van der Waals surface area contributed by atoms with E-state index in [1.165, 1.54) is 89.9 Å². The van der Waals surface area contributed by atoms with Gasteiger partial charge in [-0.2, -0.15) is 0 Å². The van der Waals surface area contributed by atoms with E-state index in [1.54, 1.807) is 0 Å². The number of unbranched alkanes of at least 4 members (excludes halogenated alkanes) is 18. The second-order valence-electron chi connectivity index (χ2n) is 15.1. The number of hydrogen-bond acceptors (Lipinski definition) is 9. The van der Waals surface area contributed by atoms with Crippen molar-refractivity contribution in [2.75, 3.05) is 26.4 Å². The number of allylic oxidation sites excluding steroid dienone is 10. The molecule has 0 fully saturated rings. The maximum atomic E-state index is 12.6. The molecule has 0 heterocycles. The van der Waals surface area contributed by atoms with Gasteiger partial charge >= 0.3 is 19.8 Å². The fourth-order valence-electron chi connectivity index (χ4n) is 5.97. The average Bonchev–Trinajstić information content (AvgIpc) is 3.21. The maximum Gasteiger partial charge on any atom is 0.472 e. The van der Waals surface area contributed by atoms with Crippen LogP contribution in [0.3, 0.4) is 0 Å². The first-order chi connectivity index (χ1) is 28.2. The number of phosphoric acid groups is 1. The molecule has 0 amide bonds. The number of carbonyl (C=O) groups excluding carboxylic acids is 2. The van der Waals surface area contributed by atoms with Gasteiger partial charge in [0.2, 0.25) is 0 Å². The SMILES string of the molecule is CC/C=C/C/C=C/C/C=C/C/C=C/C/C=C/CCCC(=O)O[C@H](COC(=O)CCCCCCCCCCCCCCCCCCCC)COP(=O)(O)OC[C@@H](O)CO. The second kappa shape index (κ2) is 42.8. The molecule has 0 aliphatic carbocycles. The summed E-state index contributed by atoms with van der Waals surface area (Å²) < 4.78 is 32.7. The summed E-state index contributed by atoms with van der Waals surface area (Å²) in [6.07, 6.45) is 47.7. The summed E-state index contributed by atoms with van der Waals surface area (Å²) >= 11 is 0. The molecular weight excluding hydrogens is 755 g/mol. The van der Waals surface area contributed by atoms with Crippen LogP contribution in [0.5, 0.6) is 0 Å². The van der Waals surface area contributed by atoms with E-state index in [0.717, 1.165) is 51.4 Å². The van der Waals surface area contributed by atoms with E-state index < -0.39 is 51.8 Å². The van der Waals surface area contributed by atoms with Gasteiger partial charge in [-0.25, -0.2) is 4.57 Å². The van der Waals surface area contributed by atoms with Crippen molar-refractivity contribution >= 4 is 19.8 Å². The van der Waals surface area contributed by atoms with E-state index in [4.69, 9.17) is 19.1 Å². The van der Waals surface area contributed by atoms with Crippen LogP contribution in [-0.4, -0.2) is 65.7 Å². The van der Waals surface area contributed by atoms with Gasteiger partial charge in [0.1, 0.15) is 12.7 Å². The summed E-state index contributed by atoms with van der Waals surface area (Å²) in [5.74, 6) is -0.990. The summed E-state index contributed by atoms with van der Waals surface area (Å²) in [6.45, 7) is 2.21. The van der Waals surface area contributed by atoms with Crippen molar-refractivity contribution in [3.63, 3.8) is 0 Å². The van der Waals surface area contributed by atoms with Gasteiger partial charge in [0.25, 0.3) is 0 Å². The van der Waals surface area contributed by atoms with Crippen LogP contribution < -0.4 is 0 Å². The van der Waals surface area contributed by atoms with E-state index in [-0.39, 0.29) is 19.4 Å². The average molecular weight is 839 g/mol. The molecule has 0 bridgehead atoms. The Morgan fingerprint density at radius 1 is 0.534 bits per heavy atom. The molecule has 0 aromatic carbocycles.